The van der Waals surface area contributed by atoms with Crippen LogP contribution in [0.2, 0.25) is 0 Å². The number of fused-ring (bicyclic) bond motifs is 1. The molecule has 80 valence electrons. The number of tetrazole rings is 1. The van der Waals surface area contributed by atoms with E-state index in [1.165, 1.54) is 0 Å². The van der Waals surface area contributed by atoms with E-state index in [4.69, 9.17) is 5.84 Å². The van der Waals surface area contributed by atoms with Crippen LogP contribution in [0.25, 0.3) is 5.78 Å². The Kier molecular flexibility index (Phi) is 1.75. The number of aromatic nitrogens is 6. The Bertz CT molecular complexity index is 561. The summed E-state index contributed by atoms with van der Waals surface area (Å²) in [5, 5.41) is 14.6. The molecule has 0 aliphatic carbocycles. The van der Waals surface area contributed by atoms with E-state index in [1.54, 1.807) is 0 Å². The highest BCUT2D eigenvalue weighted by Gasteiger charge is 2.23. The van der Waals surface area contributed by atoms with Crippen LogP contribution in [0.5, 0.6) is 0 Å². The highest BCUT2D eigenvalue weighted by atomic mass is 16.1. The van der Waals surface area contributed by atoms with Crippen molar-refractivity contribution in [3.63, 3.8) is 0 Å². The molecule has 0 atom stereocenters. The van der Waals surface area contributed by atoms with Gasteiger partial charge in [-0.25, -0.2) is 0 Å². The van der Waals surface area contributed by atoms with Crippen LogP contribution in [-0.4, -0.2) is 29.9 Å². The van der Waals surface area contributed by atoms with Gasteiger partial charge in [-0.05, 0) is 10.4 Å². The van der Waals surface area contributed by atoms with Gasteiger partial charge in [0.25, 0.3) is 11.3 Å². The summed E-state index contributed by atoms with van der Waals surface area (Å²) in [6.45, 7) is 5.60. The van der Waals surface area contributed by atoms with E-state index >= 15 is 0 Å². The number of rotatable bonds is 0. The summed E-state index contributed by atoms with van der Waals surface area (Å²) in [4.78, 5) is 11.8. The lowest BCUT2D eigenvalue weighted by molar-refractivity contribution is 0.522. The Morgan fingerprint density at radius 3 is 2.60 bits per heavy atom. The van der Waals surface area contributed by atoms with Crippen molar-refractivity contribution < 1.29 is 0 Å². The maximum Gasteiger partial charge on any atom is 0.296 e. The fourth-order valence-electron chi connectivity index (χ4n) is 1.20. The lowest BCUT2D eigenvalue weighted by atomic mass is 9.93. The van der Waals surface area contributed by atoms with E-state index in [9.17, 15) is 4.79 Å². The van der Waals surface area contributed by atoms with Gasteiger partial charge < -0.3 is 5.84 Å². The van der Waals surface area contributed by atoms with Crippen LogP contribution in [0, 0.1) is 0 Å². The minimum Gasteiger partial charge on any atom is -0.333 e. The van der Waals surface area contributed by atoms with Crippen molar-refractivity contribution in [2.75, 3.05) is 5.84 Å². The Hall–Kier alpha value is -1.99. The first-order chi connectivity index (χ1) is 6.91. The molecule has 15 heavy (non-hydrogen) atoms. The molecule has 0 bridgehead atoms. The topological polar surface area (TPSA) is 104 Å². The predicted molar refractivity (Wildman–Crippen MR) is 51.7 cm³/mol. The zero-order valence-corrected chi connectivity index (χ0v) is 8.67. The molecule has 2 heterocycles. The third-order valence-corrected chi connectivity index (χ3v) is 1.98. The molecule has 0 aliphatic rings. The first kappa shape index (κ1) is 9.56. The van der Waals surface area contributed by atoms with Crippen LogP contribution >= 0.6 is 0 Å². The summed E-state index contributed by atoms with van der Waals surface area (Å²) in [5.74, 6) is 5.68. The van der Waals surface area contributed by atoms with Crippen molar-refractivity contribution in [2.45, 2.75) is 26.2 Å². The van der Waals surface area contributed by atoms with E-state index in [0.717, 1.165) is 9.31 Å². The highest BCUT2D eigenvalue weighted by Crippen LogP contribution is 2.15. The van der Waals surface area contributed by atoms with Crippen molar-refractivity contribution in [3.05, 3.63) is 16.0 Å². The number of nitrogens with zero attached hydrogens (tertiary/aromatic N) is 6. The molecule has 2 N–H and O–H groups in total. The summed E-state index contributed by atoms with van der Waals surface area (Å²) >= 11 is 0. The molecule has 0 aromatic carbocycles. The zero-order valence-electron chi connectivity index (χ0n) is 8.67. The predicted octanol–water partition coefficient (Wildman–Crippen LogP) is -1.31. The van der Waals surface area contributed by atoms with Crippen LogP contribution < -0.4 is 11.4 Å². The second kappa shape index (κ2) is 2.75. The molecule has 0 unspecified atom stereocenters. The first-order valence-electron chi connectivity index (χ1n) is 4.38. The summed E-state index contributed by atoms with van der Waals surface area (Å²) in [6.07, 6.45) is 0. The van der Waals surface area contributed by atoms with E-state index < -0.39 is 5.41 Å². The van der Waals surface area contributed by atoms with E-state index in [-0.39, 0.29) is 11.3 Å². The fourth-order valence-corrected chi connectivity index (χ4v) is 1.20. The van der Waals surface area contributed by atoms with Crippen LogP contribution in [0.3, 0.4) is 0 Å². The molecule has 8 heteroatoms. The van der Waals surface area contributed by atoms with Gasteiger partial charge in [0, 0.05) is 5.41 Å². The summed E-state index contributed by atoms with van der Waals surface area (Å²) in [7, 11) is 0. The molecule has 0 radical (unpaired) electrons. The number of hydrogen-bond donors (Lipinski definition) is 1. The van der Waals surface area contributed by atoms with Crippen molar-refractivity contribution in [3.8, 4) is 0 Å². The smallest absolute Gasteiger partial charge is 0.296 e. The maximum atomic E-state index is 11.8. The SMILES string of the molecule is CC(C)(C)c1nn2nnnc2n(N)c1=O. The molecule has 0 fully saturated rings. The molecule has 2 aromatic rings. The van der Waals surface area contributed by atoms with Crippen LogP contribution in [-0.2, 0) is 5.41 Å². The Balaban J connectivity index is 2.88. The minimum absolute atomic E-state index is 0.119. The number of nitrogens with two attached hydrogens (primary N) is 1. The summed E-state index contributed by atoms with van der Waals surface area (Å²) in [5.41, 5.74) is -0.465. The monoisotopic (exact) mass is 209 g/mol. The molecular weight excluding hydrogens is 198 g/mol. The summed E-state index contributed by atoms with van der Waals surface area (Å²) in [6, 6.07) is 0. The van der Waals surface area contributed by atoms with Gasteiger partial charge in [0.2, 0.25) is 0 Å². The van der Waals surface area contributed by atoms with Gasteiger partial charge in [-0.15, -0.1) is 5.10 Å². The van der Waals surface area contributed by atoms with Crippen molar-refractivity contribution in [2.24, 2.45) is 0 Å². The lowest BCUT2D eigenvalue weighted by Gasteiger charge is -2.16. The quantitative estimate of drug-likeness (QED) is 0.540. The molecule has 0 saturated heterocycles. The maximum absolute atomic E-state index is 11.8. The average Bonchev–Trinajstić information content (AvgIpc) is 2.57. The standard InChI is InChI=1S/C7H11N7O/c1-7(2,3)4-5(15)13(8)6-9-11-12-14(6)10-4/h8H2,1-3H3. The third kappa shape index (κ3) is 1.34. The largest absolute Gasteiger partial charge is 0.333 e. The minimum atomic E-state index is -0.404. The fraction of sp³-hybridized carbons (Fsp3) is 0.571. The van der Waals surface area contributed by atoms with Crippen molar-refractivity contribution >= 4 is 5.78 Å². The Morgan fingerprint density at radius 1 is 1.33 bits per heavy atom. The molecule has 2 aromatic heterocycles. The van der Waals surface area contributed by atoms with Crippen molar-refractivity contribution in [1.82, 2.24) is 29.9 Å². The first-order valence-corrected chi connectivity index (χ1v) is 4.38. The third-order valence-electron chi connectivity index (χ3n) is 1.98. The number of hydrogen-bond acceptors (Lipinski definition) is 6. The second-order valence-corrected chi connectivity index (χ2v) is 4.24. The van der Waals surface area contributed by atoms with Gasteiger partial charge in [-0.2, -0.15) is 4.68 Å². The van der Waals surface area contributed by atoms with Crippen LogP contribution in [0.4, 0.5) is 0 Å². The van der Waals surface area contributed by atoms with E-state index in [2.05, 4.69) is 20.6 Å². The molecule has 2 rings (SSSR count). The van der Waals surface area contributed by atoms with Crippen LogP contribution in [0.1, 0.15) is 26.5 Å². The van der Waals surface area contributed by atoms with E-state index in [1.807, 2.05) is 20.8 Å². The molecule has 0 saturated carbocycles. The second-order valence-electron chi connectivity index (χ2n) is 4.24. The molecular formula is C7H11N7O. The molecule has 0 amide bonds. The van der Waals surface area contributed by atoms with Gasteiger partial charge >= 0.3 is 0 Å². The molecule has 0 spiro atoms. The normalized spacial score (nSPS) is 12.2. The van der Waals surface area contributed by atoms with Gasteiger partial charge in [-0.3, -0.25) is 4.79 Å². The van der Waals surface area contributed by atoms with Gasteiger partial charge in [0.05, 0.1) is 0 Å². The number of nitrogen functional groups attached to an aromatic ring is 1. The van der Waals surface area contributed by atoms with E-state index in [0.29, 0.717) is 5.69 Å². The lowest BCUT2D eigenvalue weighted by Crippen LogP contribution is -2.38. The molecule has 0 aliphatic heterocycles. The van der Waals surface area contributed by atoms with Gasteiger partial charge in [0.15, 0.2) is 0 Å². The van der Waals surface area contributed by atoms with Gasteiger partial charge in [0.1, 0.15) is 5.69 Å². The molecule has 8 nitrogen and oxygen atoms in total. The average molecular weight is 209 g/mol. The Morgan fingerprint density at radius 2 is 2.00 bits per heavy atom. The van der Waals surface area contributed by atoms with Gasteiger partial charge in [-0.1, -0.05) is 30.5 Å². The zero-order chi connectivity index (χ0) is 11.2. The highest BCUT2D eigenvalue weighted by molar-refractivity contribution is 5.25. The van der Waals surface area contributed by atoms with Crippen molar-refractivity contribution in [1.29, 1.82) is 0 Å². The Labute approximate surface area is 84.7 Å². The van der Waals surface area contributed by atoms with Crippen LogP contribution in [0.15, 0.2) is 4.79 Å². The summed E-state index contributed by atoms with van der Waals surface area (Å²) < 4.78 is 2.04.